The van der Waals surface area contributed by atoms with E-state index in [9.17, 15) is 15.3 Å². The third-order valence-electron chi connectivity index (χ3n) is 5.61. The van der Waals surface area contributed by atoms with Crippen LogP contribution in [0.25, 0.3) is 12.2 Å². The molecule has 0 spiro atoms. The molecule has 4 aromatic carbocycles. The van der Waals surface area contributed by atoms with Gasteiger partial charge in [0.2, 0.25) is 0 Å². The van der Waals surface area contributed by atoms with Crippen LogP contribution in [0.4, 0.5) is 17.1 Å². The molecule has 0 saturated carbocycles. The van der Waals surface area contributed by atoms with Crippen molar-refractivity contribution in [2.75, 3.05) is 4.90 Å². The summed E-state index contributed by atoms with van der Waals surface area (Å²) in [6.07, 6.45) is 1.40. The molecule has 7 heteroatoms. The van der Waals surface area contributed by atoms with Crippen molar-refractivity contribution in [1.29, 1.82) is 0 Å². The van der Waals surface area contributed by atoms with Gasteiger partial charge in [-0.3, -0.25) is 0 Å². The summed E-state index contributed by atoms with van der Waals surface area (Å²) in [6.45, 7) is 4.70. The number of nitrogens with zero attached hydrogens (tertiary/aromatic N) is 1. The third kappa shape index (κ3) is 8.09. The van der Waals surface area contributed by atoms with Crippen molar-refractivity contribution in [3.05, 3.63) is 108 Å². The molecule has 0 aliphatic carbocycles. The average molecular weight is 528 g/mol. The van der Waals surface area contributed by atoms with Gasteiger partial charge < -0.3 is 34.4 Å². The van der Waals surface area contributed by atoms with Crippen molar-refractivity contribution in [2.45, 2.75) is 39.6 Å². The van der Waals surface area contributed by atoms with Crippen LogP contribution in [0, 0.1) is 0 Å². The zero-order valence-corrected chi connectivity index (χ0v) is 22.1. The fourth-order valence-electron chi connectivity index (χ4n) is 3.97. The Morgan fingerprint density at radius 3 is 1.03 bits per heavy atom. The Labute approximate surface area is 228 Å². The zero-order chi connectivity index (χ0) is 27.8. The molecular formula is C32H33NO6. The topological polar surface area (TPSA) is 91.6 Å². The summed E-state index contributed by atoms with van der Waals surface area (Å²) in [4.78, 5) is 2.09. The molecule has 202 valence electrons. The molecule has 0 bridgehead atoms. The number of aliphatic hydroxyl groups is 3. The molecule has 3 N–H and O–H groups in total. The lowest BCUT2D eigenvalue weighted by molar-refractivity contribution is -0.000880. The summed E-state index contributed by atoms with van der Waals surface area (Å²) in [7, 11) is 0. The number of anilines is 3. The van der Waals surface area contributed by atoms with Crippen LogP contribution in [0.1, 0.15) is 31.9 Å². The quantitative estimate of drug-likeness (QED) is 0.152. The molecule has 0 aliphatic rings. The maximum atomic E-state index is 9.53. The van der Waals surface area contributed by atoms with E-state index in [1.807, 2.05) is 109 Å². The largest absolute Gasteiger partial charge is 0.465 e. The SMILES string of the molecule is CC(O)Oc1ccc(C=Cc2ccc(N(c3ccc(OC(C)O)cc3)c3ccc(OC(C)O)cc3)cc2)cc1. The second-order valence-electron chi connectivity index (χ2n) is 8.97. The minimum absolute atomic E-state index is 0.570. The maximum absolute atomic E-state index is 9.53. The van der Waals surface area contributed by atoms with Crippen molar-refractivity contribution in [3.8, 4) is 17.2 Å². The molecular weight excluding hydrogens is 494 g/mol. The lowest BCUT2D eigenvalue weighted by atomic mass is 10.1. The molecule has 4 rings (SSSR count). The van der Waals surface area contributed by atoms with Crippen LogP contribution in [0.3, 0.4) is 0 Å². The normalized spacial score (nSPS) is 13.5. The first kappa shape index (κ1) is 27.7. The second kappa shape index (κ2) is 13.0. The van der Waals surface area contributed by atoms with Gasteiger partial charge in [-0.15, -0.1) is 0 Å². The lowest BCUT2D eigenvalue weighted by Gasteiger charge is -2.26. The van der Waals surface area contributed by atoms with Crippen LogP contribution in [0.5, 0.6) is 17.2 Å². The van der Waals surface area contributed by atoms with Gasteiger partial charge in [0.15, 0.2) is 18.9 Å². The van der Waals surface area contributed by atoms with E-state index < -0.39 is 18.9 Å². The lowest BCUT2D eigenvalue weighted by Crippen LogP contribution is -2.12. The predicted octanol–water partition coefficient (Wildman–Crippen LogP) is 6.48. The predicted molar refractivity (Wildman–Crippen MR) is 153 cm³/mol. The number of ether oxygens (including phenoxy) is 3. The molecule has 4 aromatic rings. The molecule has 0 heterocycles. The summed E-state index contributed by atoms with van der Waals surface area (Å²) < 4.78 is 16.1. The summed E-state index contributed by atoms with van der Waals surface area (Å²) in [5.41, 5.74) is 4.79. The van der Waals surface area contributed by atoms with Crippen molar-refractivity contribution < 1.29 is 29.5 Å². The molecule has 0 fully saturated rings. The Morgan fingerprint density at radius 2 is 0.718 bits per heavy atom. The Morgan fingerprint density at radius 1 is 0.462 bits per heavy atom. The summed E-state index contributed by atoms with van der Waals surface area (Å²) in [6, 6.07) is 30.6. The van der Waals surface area contributed by atoms with Gasteiger partial charge in [0.1, 0.15) is 17.2 Å². The van der Waals surface area contributed by atoms with Gasteiger partial charge in [0, 0.05) is 17.1 Å². The molecule has 0 saturated heterocycles. The highest BCUT2D eigenvalue weighted by Gasteiger charge is 2.13. The first-order valence-corrected chi connectivity index (χ1v) is 12.7. The first-order chi connectivity index (χ1) is 18.8. The monoisotopic (exact) mass is 527 g/mol. The number of hydrogen-bond donors (Lipinski definition) is 3. The molecule has 0 radical (unpaired) electrons. The minimum atomic E-state index is -0.899. The Kier molecular flexibility index (Phi) is 9.22. The van der Waals surface area contributed by atoms with E-state index in [0.717, 1.165) is 28.2 Å². The number of benzene rings is 4. The van der Waals surface area contributed by atoms with E-state index in [2.05, 4.69) is 4.90 Å². The van der Waals surface area contributed by atoms with E-state index in [0.29, 0.717) is 17.2 Å². The summed E-state index contributed by atoms with van der Waals surface area (Å²) in [5, 5.41) is 28.4. The van der Waals surface area contributed by atoms with Gasteiger partial charge in [-0.25, -0.2) is 0 Å². The van der Waals surface area contributed by atoms with E-state index in [-0.39, 0.29) is 0 Å². The van der Waals surface area contributed by atoms with Crippen molar-refractivity contribution in [2.24, 2.45) is 0 Å². The van der Waals surface area contributed by atoms with Gasteiger partial charge in [0.05, 0.1) is 0 Å². The molecule has 0 aliphatic heterocycles. The minimum Gasteiger partial charge on any atom is -0.465 e. The molecule has 39 heavy (non-hydrogen) atoms. The summed E-state index contributed by atoms with van der Waals surface area (Å²) in [5.74, 6) is 1.75. The van der Waals surface area contributed by atoms with Gasteiger partial charge in [-0.05, 0) is 105 Å². The fourth-order valence-corrected chi connectivity index (χ4v) is 3.97. The average Bonchev–Trinajstić information content (AvgIpc) is 2.90. The van der Waals surface area contributed by atoms with Gasteiger partial charge in [-0.1, -0.05) is 36.4 Å². The Bertz CT molecular complexity index is 1280. The highest BCUT2D eigenvalue weighted by Crippen LogP contribution is 2.36. The fraction of sp³-hybridized carbons (Fsp3) is 0.188. The number of aliphatic hydroxyl groups excluding tert-OH is 3. The molecule has 7 nitrogen and oxygen atoms in total. The highest BCUT2D eigenvalue weighted by atomic mass is 16.6. The summed E-state index contributed by atoms with van der Waals surface area (Å²) >= 11 is 0. The van der Waals surface area contributed by atoms with Gasteiger partial charge in [-0.2, -0.15) is 0 Å². The van der Waals surface area contributed by atoms with Crippen LogP contribution < -0.4 is 19.1 Å². The van der Waals surface area contributed by atoms with E-state index >= 15 is 0 Å². The van der Waals surface area contributed by atoms with Crippen LogP contribution in [0.15, 0.2) is 97.1 Å². The van der Waals surface area contributed by atoms with Crippen molar-refractivity contribution in [3.63, 3.8) is 0 Å². The smallest absolute Gasteiger partial charge is 0.194 e. The van der Waals surface area contributed by atoms with Crippen LogP contribution in [-0.4, -0.2) is 34.2 Å². The van der Waals surface area contributed by atoms with Crippen molar-refractivity contribution in [1.82, 2.24) is 0 Å². The van der Waals surface area contributed by atoms with E-state index in [1.165, 1.54) is 0 Å². The Balaban J connectivity index is 1.58. The van der Waals surface area contributed by atoms with Crippen LogP contribution in [0.2, 0.25) is 0 Å². The van der Waals surface area contributed by atoms with Crippen LogP contribution >= 0.6 is 0 Å². The van der Waals surface area contributed by atoms with E-state index in [4.69, 9.17) is 14.2 Å². The zero-order valence-electron chi connectivity index (χ0n) is 22.1. The molecule has 0 aromatic heterocycles. The van der Waals surface area contributed by atoms with Crippen molar-refractivity contribution >= 4 is 29.2 Å². The molecule has 3 unspecified atom stereocenters. The molecule has 0 amide bonds. The number of rotatable bonds is 11. The maximum Gasteiger partial charge on any atom is 0.194 e. The number of hydrogen-bond acceptors (Lipinski definition) is 7. The Hall–Kier alpha value is -4.30. The van der Waals surface area contributed by atoms with Crippen LogP contribution in [-0.2, 0) is 0 Å². The highest BCUT2D eigenvalue weighted by molar-refractivity contribution is 5.78. The van der Waals surface area contributed by atoms with Gasteiger partial charge >= 0.3 is 0 Å². The molecule has 3 atom stereocenters. The first-order valence-electron chi connectivity index (χ1n) is 12.7. The van der Waals surface area contributed by atoms with Gasteiger partial charge in [0.25, 0.3) is 0 Å². The van der Waals surface area contributed by atoms with E-state index in [1.54, 1.807) is 20.8 Å². The third-order valence-corrected chi connectivity index (χ3v) is 5.61. The standard InChI is InChI=1S/C32H33NO6/c1-22(34)37-30-16-8-26(9-17-30)5-4-25-6-10-27(11-7-25)33(28-12-18-31(19-13-28)38-23(2)35)29-14-20-32(21-15-29)39-24(3)36/h4-24,34-36H,1-3H3. The second-order valence-corrected chi connectivity index (χ2v) is 8.97.